The summed E-state index contributed by atoms with van der Waals surface area (Å²) in [4.78, 5) is 21.0. The van der Waals surface area contributed by atoms with Gasteiger partial charge in [-0.25, -0.2) is 0 Å². The second kappa shape index (κ2) is 8.30. The third-order valence-corrected chi connectivity index (χ3v) is 6.08. The molecule has 0 spiro atoms. The van der Waals surface area contributed by atoms with Crippen LogP contribution in [0.3, 0.4) is 0 Å². The first-order chi connectivity index (χ1) is 13.1. The minimum Gasteiger partial charge on any atom is -0.364 e. The van der Waals surface area contributed by atoms with Crippen molar-refractivity contribution in [3.8, 4) is 0 Å². The molecule has 0 aromatic carbocycles. The van der Waals surface area contributed by atoms with Crippen molar-refractivity contribution in [1.29, 1.82) is 0 Å². The van der Waals surface area contributed by atoms with E-state index < -0.39 is 0 Å². The van der Waals surface area contributed by atoms with Crippen LogP contribution >= 0.6 is 0 Å². The molecule has 1 amide bonds. The van der Waals surface area contributed by atoms with Gasteiger partial charge in [-0.2, -0.15) is 0 Å². The normalized spacial score (nSPS) is 23.6. The van der Waals surface area contributed by atoms with E-state index in [9.17, 15) is 4.79 Å². The number of fused-ring (bicyclic) bond motifs is 2. The molecule has 0 saturated heterocycles. The molecule has 27 heavy (non-hydrogen) atoms. The second-order valence-corrected chi connectivity index (χ2v) is 7.41. The molecule has 2 atom stereocenters. The Labute approximate surface area is 163 Å². The number of hydrogen-bond donors (Lipinski definition) is 1. The summed E-state index contributed by atoms with van der Waals surface area (Å²) in [6.07, 6.45) is 10.4. The Kier molecular flexibility index (Phi) is 6.05. The van der Waals surface area contributed by atoms with E-state index in [1.807, 2.05) is 11.0 Å². The molecular weight excluding hydrogens is 334 g/mol. The number of amides is 1. The average molecular weight is 368 g/mol. The molecule has 1 aromatic heterocycles. The number of nitrogens with one attached hydrogen (secondary N) is 1. The highest BCUT2D eigenvalue weighted by Crippen LogP contribution is 2.42. The van der Waals surface area contributed by atoms with Crippen molar-refractivity contribution in [2.45, 2.75) is 46.6 Å². The standard InChI is InChI=1S/C23H33N3O/c1-6-11-20-22-16(14-24-20)13-21-19(18(22)7-2)12-17(15-26(21)10-5)23(27)25(8-3)9-4/h6-7,12,14,17,21,24H,1,8-11,13,15H2,2-5H3/b18-7-/t17?,21-/m1/s1. The summed E-state index contributed by atoms with van der Waals surface area (Å²) in [6, 6.07) is 0.363. The van der Waals surface area contributed by atoms with Crippen LogP contribution in [0.25, 0.3) is 5.57 Å². The zero-order chi connectivity index (χ0) is 19.6. The number of allylic oxidation sites excluding steroid dienone is 2. The van der Waals surface area contributed by atoms with Gasteiger partial charge < -0.3 is 9.88 Å². The van der Waals surface area contributed by atoms with E-state index in [1.54, 1.807) is 0 Å². The van der Waals surface area contributed by atoms with Gasteiger partial charge in [0.2, 0.25) is 5.91 Å². The van der Waals surface area contributed by atoms with Gasteiger partial charge in [-0.05, 0) is 50.4 Å². The predicted octanol–water partition coefficient (Wildman–Crippen LogP) is 3.82. The minimum absolute atomic E-state index is 0.0607. The van der Waals surface area contributed by atoms with Gasteiger partial charge in [0.15, 0.2) is 0 Å². The minimum atomic E-state index is -0.0607. The van der Waals surface area contributed by atoms with E-state index in [1.165, 1.54) is 28.0 Å². The maximum absolute atomic E-state index is 13.1. The van der Waals surface area contributed by atoms with Gasteiger partial charge in [-0.3, -0.25) is 9.69 Å². The van der Waals surface area contributed by atoms with E-state index in [4.69, 9.17) is 0 Å². The summed E-state index contributed by atoms with van der Waals surface area (Å²) in [5, 5.41) is 0. The van der Waals surface area contributed by atoms with Crippen molar-refractivity contribution in [2.24, 2.45) is 5.92 Å². The SMILES string of the molecule is C=CCc1[nH]cc2c1/C(=C\C)C1=CC(C(=O)N(CC)CC)CN(CC)[C@@H]1C2. The number of aromatic amines is 1. The molecule has 146 valence electrons. The van der Waals surface area contributed by atoms with Crippen LogP contribution in [0.5, 0.6) is 0 Å². The van der Waals surface area contributed by atoms with Gasteiger partial charge in [0, 0.05) is 49.6 Å². The Morgan fingerprint density at radius 3 is 2.70 bits per heavy atom. The molecule has 1 aliphatic heterocycles. The fraction of sp³-hybridized carbons (Fsp3) is 0.522. The lowest BCUT2D eigenvalue weighted by Gasteiger charge is -2.43. The Hall–Kier alpha value is -2.07. The summed E-state index contributed by atoms with van der Waals surface area (Å²) in [5.41, 5.74) is 6.55. The van der Waals surface area contributed by atoms with Crippen LogP contribution in [-0.2, 0) is 17.6 Å². The molecule has 0 saturated carbocycles. The molecule has 2 aliphatic rings. The quantitative estimate of drug-likeness (QED) is 0.777. The van der Waals surface area contributed by atoms with Gasteiger partial charge in [0.1, 0.15) is 0 Å². The van der Waals surface area contributed by atoms with Gasteiger partial charge in [0.05, 0.1) is 5.92 Å². The largest absolute Gasteiger partial charge is 0.364 e. The first-order valence-electron chi connectivity index (χ1n) is 10.3. The van der Waals surface area contributed by atoms with Crippen molar-refractivity contribution in [2.75, 3.05) is 26.2 Å². The van der Waals surface area contributed by atoms with E-state index in [0.717, 1.165) is 39.0 Å². The predicted molar refractivity (Wildman–Crippen MR) is 113 cm³/mol. The molecule has 4 heteroatoms. The molecule has 3 rings (SSSR count). The lowest BCUT2D eigenvalue weighted by atomic mass is 9.76. The Morgan fingerprint density at radius 1 is 1.37 bits per heavy atom. The zero-order valence-corrected chi connectivity index (χ0v) is 17.2. The first-order valence-corrected chi connectivity index (χ1v) is 10.3. The fourth-order valence-electron chi connectivity index (χ4n) is 4.71. The van der Waals surface area contributed by atoms with Gasteiger partial charge in [0.25, 0.3) is 0 Å². The third kappa shape index (κ3) is 3.43. The second-order valence-electron chi connectivity index (χ2n) is 7.41. The molecule has 1 N–H and O–H groups in total. The molecule has 0 radical (unpaired) electrons. The van der Waals surface area contributed by atoms with Crippen LogP contribution in [-0.4, -0.2) is 52.9 Å². The highest BCUT2D eigenvalue weighted by atomic mass is 16.2. The van der Waals surface area contributed by atoms with Crippen LogP contribution in [0.1, 0.15) is 44.5 Å². The van der Waals surface area contributed by atoms with Crippen molar-refractivity contribution in [3.63, 3.8) is 0 Å². The molecule has 1 unspecified atom stereocenters. The number of nitrogens with zero attached hydrogens (tertiary/aromatic N) is 2. The third-order valence-electron chi connectivity index (χ3n) is 6.08. The number of likely N-dealkylation sites (N-methyl/N-ethyl adjacent to an activating group) is 1. The van der Waals surface area contributed by atoms with E-state index in [2.05, 4.69) is 62.5 Å². The molecule has 1 aliphatic carbocycles. The molecule has 0 fully saturated rings. The van der Waals surface area contributed by atoms with Crippen LogP contribution < -0.4 is 0 Å². The number of hydrogen-bond acceptors (Lipinski definition) is 2. The molecular formula is C23H33N3O. The van der Waals surface area contributed by atoms with Crippen LogP contribution in [0.4, 0.5) is 0 Å². The highest BCUT2D eigenvalue weighted by molar-refractivity contribution is 5.88. The fourth-order valence-corrected chi connectivity index (χ4v) is 4.71. The molecule has 1 aromatic rings. The lowest BCUT2D eigenvalue weighted by molar-refractivity contribution is -0.134. The summed E-state index contributed by atoms with van der Waals surface area (Å²) in [7, 11) is 0. The number of carbonyl (C=O) groups excluding carboxylic acids is 1. The highest BCUT2D eigenvalue weighted by Gasteiger charge is 2.38. The monoisotopic (exact) mass is 367 g/mol. The van der Waals surface area contributed by atoms with Gasteiger partial charge >= 0.3 is 0 Å². The number of H-pyrrole nitrogens is 1. The van der Waals surface area contributed by atoms with Gasteiger partial charge in [-0.15, -0.1) is 6.58 Å². The molecule has 0 bridgehead atoms. The Balaban J connectivity index is 2.05. The van der Waals surface area contributed by atoms with Crippen LogP contribution in [0, 0.1) is 5.92 Å². The van der Waals surface area contributed by atoms with Crippen LogP contribution in [0.15, 0.2) is 36.6 Å². The summed E-state index contributed by atoms with van der Waals surface area (Å²) >= 11 is 0. The summed E-state index contributed by atoms with van der Waals surface area (Å²) < 4.78 is 0. The Morgan fingerprint density at radius 2 is 2.11 bits per heavy atom. The smallest absolute Gasteiger partial charge is 0.230 e. The lowest BCUT2D eigenvalue weighted by Crippen LogP contribution is -2.50. The topological polar surface area (TPSA) is 39.3 Å². The van der Waals surface area contributed by atoms with Crippen molar-refractivity contribution < 1.29 is 4.79 Å². The van der Waals surface area contributed by atoms with E-state index in [-0.39, 0.29) is 11.8 Å². The van der Waals surface area contributed by atoms with Crippen molar-refractivity contribution in [1.82, 2.24) is 14.8 Å². The van der Waals surface area contributed by atoms with Crippen molar-refractivity contribution >= 4 is 11.5 Å². The Bertz CT molecular complexity index is 767. The zero-order valence-electron chi connectivity index (χ0n) is 17.2. The first kappa shape index (κ1) is 19.7. The van der Waals surface area contributed by atoms with Crippen molar-refractivity contribution in [3.05, 3.63) is 53.4 Å². The van der Waals surface area contributed by atoms with Gasteiger partial charge in [-0.1, -0.05) is 25.2 Å². The number of carbonyl (C=O) groups is 1. The van der Waals surface area contributed by atoms with E-state index >= 15 is 0 Å². The number of rotatable bonds is 6. The average Bonchev–Trinajstić information content (AvgIpc) is 3.09. The molecule has 2 heterocycles. The van der Waals surface area contributed by atoms with E-state index in [0.29, 0.717) is 6.04 Å². The van der Waals surface area contributed by atoms with Crippen LogP contribution in [0.2, 0.25) is 0 Å². The molecule has 4 nitrogen and oxygen atoms in total. The maximum atomic E-state index is 13.1. The maximum Gasteiger partial charge on any atom is 0.230 e. The summed E-state index contributed by atoms with van der Waals surface area (Å²) in [5.74, 6) is 0.195. The summed E-state index contributed by atoms with van der Waals surface area (Å²) in [6.45, 7) is 15.6. The number of aromatic nitrogens is 1.